The summed E-state index contributed by atoms with van der Waals surface area (Å²) in [6.45, 7) is 1.77. The van der Waals surface area contributed by atoms with Gasteiger partial charge in [0, 0.05) is 5.69 Å². The number of nitrogens with zero attached hydrogens (tertiary/aromatic N) is 1. The summed E-state index contributed by atoms with van der Waals surface area (Å²) in [6, 6.07) is 25.3. The van der Waals surface area contributed by atoms with E-state index in [2.05, 4.69) is 16.7 Å². The molecule has 0 heterocycles. The van der Waals surface area contributed by atoms with E-state index in [1.807, 2.05) is 54.6 Å². The third-order valence-corrected chi connectivity index (χ3v) is 3.88. The van der Waals surface area contributed by atoms with Gasteiger partial charge in [0.1, 0.15) is 11.8 Å². The molecule has 0 saturated carbocycles. The Bertz CT molecular complexity index is 965. The molecule has 0 aromatic heterocycles. The Labute approximate surface area is 158 Å². The highest BCUT2D eigenvalue weighted by molar-refractivity contribution is 5.96. The maximum absolute atomic E-state index is 12.5. The normalized spacial score (nSPS) is 11.1. The summed E-state index contributed by atoms with van der Waals surface area (Å²) in [5.74, 6) is 1.15. The number of carbonyl (C=O) groups excluding carboxylic acids is 1. The smallest absolute Gasteiger partial charge is 0.246 e. The summed E-state index contributed by atoms with van der Waals surface area (Å²) in [4.78, 5) is 12.5. The number of ether oxygens (including phenoxy) is 1. The lowest BCUT2D eigenvalue weighted by Gasteiger charge is -2.18. The predicted octanol–water partition coefficient (Wildman–Crippen LogP) is 4.79. The molecule has 2 N–H and O–H groups in total. The van der Waals surface area contributed by atoms with Crippen LogP contribution in [0.5, 0.6) is 11.5 Å². The average molecular weight is 357 g/mol. The number of amides is 1. The third-order valence-electron chi connectivity index (χ3n) is 3.88. The Hall–Kier alpha value is -3.78. The molecule has 0 spiro atoms. The molecule has 0 fully saturated rings. The van der Waals surface area contributed by atoms with Crippen molar-refractivity contribution in [3.05, 3.63) is 84.4 Å². The lowest BCUT2D eigenvalue weighted by atomic mass is 10.2. The summed E-state index contributed by atoms with van der Waals surface area (Å²) in [7, 11) is 0. The first kappa shape index (κ1) is 18.0. The molecule has 3 aromatic rings. The van der Waals surface area contributed by atoms with Gasteiger partial charge in [-0.15, -0.1) is 0 Å². The van der Waals surface area contributed by atoms with E-state index in [4.69, 9.17) is 10.00 Å². The second-order valence-electron chi connectivity index (χ2n) is 5.96. The van der Waals surface area contributed by atoms with Crippen molar-refractivity contribution >= 4 is 17.3 Å². The first-order valence-electron chi connectivity index (χ1n) is 8.55. The molecule has 3 aromatic carbocycles. The number of nitrogens with one attached hydrogen (secondary N) is 2. The van der Waals surface area contributed by atoms with Crippen LogP contribution in [-0.4, -0.2) is 11.9 Å². The van der Waals surface area contributed by atoms with Crippen LogP contribution >= 0.6 is 0 Å². The number of hydrogen-bond acceptors (Lipinski definition) is 4. The molecule has 27 heavy (non-hydrogen) atoms. The van der Waals surface area contributed by atoms with Crippen LogP contribution in [0.3, 0.4) is 0 Å². The monoisotopic (exact) mass is 357 g/mol. The first-order valence-corrected chi connectivity index (χ1v) is 8.55. The molecule has 0 aliphatic rings. The maximum Gasteiger partial charge on any atom is 0.246 e. The number of anilines is 2. The zero-order valence-electron chi connectivity index (χ0n) is 14.8. The van der Waals surface area contributed by atoms with E-state index in [0.717, 1.165) is 11.4 Å². The molecule has 0 radical (unpaired) electrons. The van der Waals surface area contributed by atoms with Crippen molar-refractivity contribution < 1.29 is 9.53 Å². The number of benzene rings is 3. The highest BCUT2D eigenvalue weighted by atomic mass is 16.5. The minimum atomic E-state index is -0.503. The van der Waals surface area contributed by atoms with E-state index in [1.54, 1.807) is 31.2 Å². The largest absolute Gasteiger partial charge is 0.455 e. The second-order valence-corrected chi connectivity index (χ2v) is 5.96. The van der Waals surface area contributed by atoms with E-state index >= 15 is 0 Å². The van der Waals surface area contributed by atoms with Crippen molar-refractivity contribution in [1.29, 1.82) is 5.26 Å². The number of rotatable bonds is 6. The Balaban J connectivity index is 1.69. The van der Waals surface area contributed by atoms with Crippen LogP contribution in [0.1, 0.15) is 12.5 Å². The van der Waals surface area contributed by atoms with Crippen molar-refractivity contribution in [3.8, 4) is 17.6 Å². The lowest BCUT2D eigenvalue weighted by molar-refractivity contribution is -0.116. The third kappa shape index (κ3) is 4.86. The van der Waals surface area contributed by atoms with Gasteiger partial charge in [-0.3, -0.25) is 4.79 Å². The van der Waals surface area contributed by atoms with E-state index in [-0.39, 0.29) is 5.91 Å². The molecule has 1 atom stereocenters. The van der Waals surface area contributed by atoms with Crippen LogP contribution in [0.4, 0.5) is 11.4 Å². The van der Waals surface area contributed by atoms with Gasteiger partial charge in [-0.1, -0.05) is 36.4 Å². The minimum Gasteiger partial charge on any atom is -0.455 e. The topological polar surface area (TPSA) is 74.2 Å². The van der Waals surface area contributed by atoms with Crippen LogP contribution in [0, 0.1) is 11.3 Å². The van der Waals surface area contributed by atoms with Gasteiger partial charge in [0.15, 0.2) is 5.75 Å². The van der Waals surface area contributed by atoms with Gasteiger partial charge in [0.05, 0.1) is 17.3 Å². The van der Waals surface area contributed by atoms with Gasteiger partial charge >= 0.3 is 0 Å². The van der Waals surface area contributed by atoms with Crippen LogP contribution < -0.4 is 15.4 Å². The highest BCUT2D eigenvalue weighted by Crippen LogP contribution is 2.29. The van der Waals surface area contributed by atoms with Crippen molar-refractivity contribution in [3.63, 3.8) is 0 Å². The SMILES string of the molecule is C[C@H](Nc1ccccc1Oc1ccccc1)C(=O)Nc1cccc(C#N)c1. The van der Waals surface area contributed by atoms with Gasteiger partial charge < -0.3 is 15.4 Å². The van der Waals surface area contributed by atoms with Crippen LogP contribution in [0.15, 0.2) is 78.9 Å². The van der Waals surface area contributed by atoms with Crippen molar-refractivity contribution in [1.82, 2.24) is 0 Å². The molecule has 0 saturated heterocycles. The van der Waals surface area contributed by atoms with Crippen LogP contribution in [0.2, 0.25) is 0 Å². The summed E-state index contributed by atoms with van der Waals surface area (Å²) in [5, 5.41) is 15.0. The highest BCUT2D eigenvalue weighted by Gasteiger charge is 2.15. The maximum atomic E-state index is 12.5. The van der Waals surface area contributed by atoms with E-state index < -0.39 is 6.04 Å². The Morgan fingerprint density at radius 2 is 1.74 bits per heavy atom. The summed E-state index contributed by atoms with van der Waals surface area (Å²) in [5.41, 5.74) is 1.80. The summed E-state index contributed by atoms with van der Waals surface area (Å²) < 4.78 is 5.91. The second kappa shape index (κ2) is 8.54. The summed E-state index contributed by atoms with van der Waals surface area (Å²) >= 11 is 0. The minimum absolute atomic E-state index is 0.209. The molecule has 1 amide bonds. The fourth-order valence-electron chi connectivity index (χ4n) is 2.51. The van der Waals surface area contributed by atoms with Gasteiger partial charge in [0.2, 0.25) is 5.91 Å². The fourth-order valence-corrected chi connectivity index (χ4v) is 2.51. The lowest BCUT2D eigenvalue weighted by Crippen LogP contribution is -2.32. The van der Waals surface area contributed by atoms with Crippen molar-refractivity contribution in [2.24, 2.45) is 0 Å². The molecular formula is C22H19N3O2. The standard InChI is InChI=1S/C22H19N3O2/c1-16(22(26)25-18-9-7-8-17(14-18)15-23)24-20-12-5-6-13-21(20)27-19-10-3-2-4-11-19/h2-14,16,24H,1H3,(H,25,26)/t16-/m0/s1. The predicted molar refractivity (Wildman–Crippen MR) is 106 cm³/mol. The van der Waals surface area contributed by atoms with E-state index in [0.29, 0.717) is 17.0 Å². The van der Waals surface area contributed by atoms with Crippen molar-refractivity contribution in [2.45, 2.75) is 13.0 Å². The molecule has 0 unspecified atom stereocenters. The number of hydrogen-bond donors (Lipinski definition) is 2. The Kier molecular flexibility index (Phi) is 5.70. The van der Waals surface area contributed by atoms with Gasteiger partial charge in [-0.05, 0) is 49.4 Å². The zero-order chi connectivity index (χ0) is 19.1. The Morgan fingerprint density at radius 3 is 2.52 bits per heavy atom. The zero-order valence-corrected chi connectivity index (χ0v) is 14.8. The van der Waals surface area contributed by atoms with E-state index in [9.17, 15) is 4.79 Å². The quantitative estimate of drug-likeness (QED) is 0.665. The molecule has 0 bridgehead atoms. The summed E-state index contributed by atoms with van der Waals surface area (Å²) in [6.07, 6.45) is 0. The van der Waals surface area contributed by atoms with Gasteiger partial charge in [0.25, 0.3) is 0 Å². The van der Waals surface area contributed by atoms with Crippen LogP contribution in [0.25, 0.3) is 0 Å². The molecule has 5 nitrogen and oxygen atoms in total. The molecule has 0 aliphatic carbocycles. The molecular weight excluding hydrogens is 338 g/mol. The molecule has 134 valence electrons. The first-order chi connectivity index (χ1) is 13.2. The molecule has 0 aliphatic heterocycles. The molecule has 5 heteroatoms. The van der Waals surface area contributed by atoms with E-state index in [1.165, 1.54) is 0 Å². The number of carbonyl (C=O) groups is 1. The van der Waals surface area contributed by atoms with Gasteiger partial charge in [-0.2, -0.15) is 5.26 Å². The average Bonchev–Trinajstić information content (AvgIpc) is 2.70. The fraction of sp³-hybridized carbons (Fsp3) is 0.0909. The molecule has 3 rings (SSSR count). The number of nitriles is 1. The van der Waals surface area contributed by atoms with Gasteiger partial charge in [-0.25, -0.2) is 0 Å². The van der Waals surface area contributed by atoms with Crippen LogP contribution in [-0.2, 0) is 4.79 Å². The number of para-hydroxylation sites is 3. The Morgan fingerprint density at radius 1 is 1.00 bits per heavy atom. The van der Waals surface area contributed by atoms with Crippen molar-refractivity contribution in [2.75, 3.05) is 10.6 Å².